The number of aliphatic carboxylic acids is 2. The minimum absolute atomic E-state index is 0.436. The van der Waals surface area contributed by atoms with E-state index in [0.29, 0.717) is 6.04 Å². The van der Waals surface area contributed by atoms with Gasteiger partial charge in [0.25, 0.3) is 0 Å². The molecule has 3 saturated carbocycles. The average molecular weight is 412 g/mol. The number of carboxylic acid groups (broad SMARTS) is 2. The number of carbonyl (C=O) groups is 2. The Morgan fingerprint density at radius 1 is 1.07 bits per heavy atom. The molecule has 7 heteroatoms. The van der Waals surface area contributed by atoms with Gasteiger partial charge in [-0.15, -0.1) is 0 Å². The molecule has 1 heterocycles. The van der Waals surface area contributed by atoms with Gasteiger partial charge in [-0.2, -0.15) is 0 Å². The Morgan fingerprint density at radius 2 is 1.77 bits per heavy atom. The quantitative estimate of drug-likeness (QED) is 0.665. The molecule has 2 bridgehead atoms. The van der Waals surface area contributed by atoms with Crippen molar-refractivity contribution in [3.63, 3.8) is 0 Å². The van der Waals surface area contributed by atoms with E-state index < -0.39 is 11.9 Å². The number of benzene rings is 1. The van der Waals surface area contributed by atoms with Crippen LogP contribution >= 0.6 is 0 Å². The summed E-state index contributed by atoms with van der Waals surface area (Å²) in [5.74, 6) is 0.450. The fourth-order valence-electron chi connectivity index (χ4n) is 6.02. The summed E-state index contributed by atoms with van der Waals surface area (Å²) in [7, 11) is 0. The van der Waals surface area contributed by atoms with Crippen molar-refractivity contribution < 1.29 is 19.8 Å². The number of aromatic nitrogens is 2. The third kappa shape index (κ3) is 4.12. The minimum Gasteiger partial charge on any atom is -0.473 e. The van der Waals surface area contributed by atoms with E-state index in [-0.39, 0.29) is 0 Å². The third-order valence-corrected chi connectivity index (χ3v) is 7.27. The van der Waals surface area contributed by atoms with Crippen LogP contribution < -0.4 is 5.32 Å². The van der Waals surface area contributed by atoms with E-state index in [2.05, 4.69) is 46.1 Å². The number of hydrogen-bond donors (Lipinski definition) is 3. The largest absolute Gasteiger partial charge is 0.473 e. The summed E-state index contributed by atoms with van der Waals surface area (Å²) >= 11 is 0. The molecule has 0 aliphatic heterocycles. The van der Waals surface area contributed by atoms with Crippen LogP contribution in [0.15, 0.2) is 43.0 Å². The van der Waals surface area contributed by atoms with Crippen molar-refractivity contribution in [1.29, 1.82) is 0 Å². The van der Waals surface area contributed by atoms with Gasteiger partial charge in [0, 0.05) is 30.2 Å². The van der Waals surface area contributed by atoms with Gasteiger partial charge in [-0.05, 0) is 74.0 Å². The lowest BCUT2D eigenvalue weighted by Gasteiger charge is -2.34. The number of carboxylic acids is 2. The zero-order chi connectivity index (χ0) is 21.3. The zero-order valence-corrected chi connectivity index (χ0v) is 17.1. The number of imidazole rings is 1. The first kappa shape index (κ1) is 20.6. The van der Waals surface area contributed by atoms with E-state index in [1.165, 1.54) is 43.4 Å². The molecule has 3 N–H and O–H groups in total. The highest BCUT2D eigenvalue weighted by Gasteiger charge is 2.53. The second-order valence-corrected chi connectivity index (χ2v) is 8.82. The topological polar surface area (TPSA) is 104 Å². The Hall–Kier alpha value is -2.67. The highest BCUT2D eigenvalue weighted by molar-refractivity contribution is 6.27. The summed E-state index contributed by atoms with van der Waals surface area (Å²) in [6, 6.07) is 10.1. The summed E-state index contributed by atoms with van der Waals surface area (Å²) in [5, 5.41) is 18.8. The number of fused-ring (bicyclic) bond motifs is 5. The average Bonchev–Trinajstić information content (AvgIpc) is 3.50. The molecule has 30 heavy (non-hydrogen) atoms. The molecule has 5 rings (SSSR count). The van der Waals surface area contributed by atoms with Crippen molar-refractivity contribution in [2.45, 2.75) is 51.1 Å². The van der Waals surface area contributed by atoms with Crippen molar-refractivity contribution in [3.8, 4) is 5.69 Å². The Kier molecular flexibility index (Phi) is 5.90. The number of nitrogens with one attached hydrogen (secondary N) is 1. The summed E-state index contributed by atoms with van der Waals surface area (Å²) < 4.78 is 2.05. The summed E-state index contributed by atoms with van der Waals surface area (Å²) in [4.78, 5) is 22.3. The van der Waals surface area contributed by atoms with E-state index >= 15 is 0 Å². The number of nitrogens with zero attached hydrogens (tertiary/aromatic N) is 2. The molecule has 1 aromatic carbocycles. The second kappa shape index (κ2) is 8.60. The Bertz CT molecular complexity index is 868. The van der Waals surface area contributed by atoms with Crippen LogP contribution in [0.4, 0.5) is 0 Å². The molecular weight excluding hydrogens is 382 g/mol. The van der Waals surface area contributed by atoms with Crippen molar-refractivity contribution in [3.05, 3.63) is 48.5 Å². The van der Waals surface area contributed by atoms with E-state index in [9.17, 15) is 0 Å². The van der Waals surface area contributed by atoms with E-state index in [4.69, 9.17) is 19.8 Å². The van der Waals surface area contributed by atoms with Gasteiger partial charge in [-0.25, -0.2) is 14.6 Å². The van der Waals surface area contributed by atoms with Crippen molar-refractivity contribution in [2.24, 2.45) is 23.7 Å². The molecule has 160 valence electrons. The fraction of sp³-hybridized carbons (Fsp3) is 0.522. The maximum absolute atomic E-state index is 9.10. The van der Waals surface area contributed by atoms with Crippen LogP contribution in [0.1, 0.15) is 50.6 Å². The minimum atomic E-state index is -1.82. The number of rotatable bonds is 4. The van der Waals surface area contributed by atoms with Crippen molar-refractivity contribution in [2.75, 3.05) is 0 Å². The first-order chi connectivity index (χ1) is 14.4. The van der Waals surface area contributed by atoms with Crippen LogP contribution in [0.25, 0.3) is 5.69 Å². The highest BCUT2D eigenvalue weighted by Crippen LogP contribution is 2.58. The molecule has 0 radical (unpaired) electrons. The van der Waals surface area contributed by atoms with E-state index in [1.807, 2.05) is 18.7 Å². The van der Waals surface area contributed by atoms with Gasteiger partial charge in [0.15, 0.2) is 0 Å². The summed E-state index contributed by atoms with van der Waals surface area (Å²) in [6.45, 7) is 2.32. The highest BCUT2D eigenvalue weighted by atomic mass is 16.4. The molecular formula is C23H29N3O4. The lowest BCUT2D eigenvalue weighted by atomic mass is 9.79. The number of hydrogen-bond acceptors (Lipinski definition) is 4. The van der Waals surface area contributed by atoms with Crippen molar-refractivity contribution >= 4 is 11.9 Å². The fourth-order valence-corrected chi connectivity index (χ4v) is 6.02. The van der Waals surface area contributed by atoms with Crippen LogP contribution in [0.5, 0.6) is 0 Å². The molecule has 2 aromatic rings. The molecule has 0 spiro atoms. The van der Waals surface area contributed by atoms with Gasteiger partial charge in [-0.3, -0.25) is 0 Å². The molecule has 6 unspecified atom stereocenters. The molecule has 3 fully saturated rings. The van der Waals surface area contributed by atoms with Gasteiger partial charge in [-0.1, -0.05) is 18.6 Å². The molecule has 0 amide bonds. The molecule has 1 aromatic heterocycles. The summed E-state index contributed by atoms with van der Waals surface area (Å²) in [6.07, 6.45) is 13.1. The smallest absolute Gasteiger partial charge is 0.414 e. The predicted molar refractivity (Wildman–Crippen MR) is 111 cm³/mol. The van der Waals surface area contributed by atoms with Gasteiger partial charge in [0.05, 0.1) is 6.33 Å². The molecule has 6 atom stereocenters. The monoisotopic (exact) mass is 411 g/mol. The summed E-state index contributed by atoms with van der Waals surface area (Å²) in [5.41, 5.74) is 2.57. The molecule has 0 saturated heterocycles. The third-order valence-electron chi connectivity index (χ3n) is 7.27. The van der Waals surface area contributed by atoms with E-state index in [1.54, 1.807) is 0 Å². The van der Waals surface area contributed by atoms with Crippen LogP contribution in [0.2, 0.25) is 0 Å². The van der Waals surface area contributed by atoms with Crippen LogP contribution in [-0.4, -0.2) is 37.7 Å². The van der Waals surface area contributed by atoms with Gasteiger partial charge in [0.2, 0.25) is 0 Å². The standard InChI is InChI=1S/C21H27N3.C2H2O4/c1-14(15-5-7-17(8-6-15)24-10-9-22-13-24)23-21-12-16-11-20(21)19-4-2-3-18(16)19;3-1(4)2(5)6/h5-10,13-14,16,18-21,23H,2-4,11-12H2,1H3;(H,3,4)(H,5,6). The zero-order valence-electron chi connectivity index (χ0n) is 17.1. The van der Waals surface area contributed by atoms with Gasteiger partial charge < -0.3 is 20.1 Å². The first-order valence-electron chi connectivity index (χ1n) is 10.7. The van der Waals surface area contributed by atoms with Crippen LogP contribution in [0.3, 0.4) is 0 Å². The van der Waals surface area contributed by atoms with Crippen LogP contribution in [0, 0.1) is 23.7 Å². The van der Waals surface area contributed by atoms with Crippen molar-refractivity contribution in [1.82, 2.24) is 14.9 Å². The Labute approximate surface area is 176 Å². The molecule has 3 aliphatic rings. The lowest BCUT2D eigenvalue weighted by Crippen LogP contribution is -2.40. The maximum atomic E-state index is 9.10. The molecule has 3 aliphatic carbocycles. The van der Waals surface area contributed by atoms with E-state index in [0.717, 1.165) is 29.7 Å². The first-order valence-corrected chi connectivity index (χ1v) is 10.7. The Balaban J connectivity index is 0.000000322. The normalized spacial score (nSPS) is 29.7. The Morgan fingerprint density at radius 3 is 2.40 bits per heavy atom. The van der Waals surface area contributed by atoms with Gasteiger partial charge in [0.1, 0.15) is 0 Å². The molecule has 7 nitrogen and oxygen atoms in total. The predicted octanol–water partition coefficient (Wildman–Crippen LogP) is 3.50. The second-order valence-electron chi connectivity index (χ2n) is 8.82. The maximum Gasteiger partial charge on any atom is 0.414 e. The van der Waals surface area contributed by atoms with Gasteiger partial charge >= 0.3 is 11.9 Å². The van der Waals surface area contributed by atoms with Crippen LogP contribution in [-0.2, 0) is 9.59 Å². The lowest BCUT2D eigenvalue weighted by molar-refractivity contribution is -0.159. The SMILES string of the molecule is CC(NC1CC2CC1C1CCCC21)c1ccc(-n2ccnc2)cc1.O=C(O)C(=O)O.